The fourth-order valence-corrected chi connectivity index (χ4v) is 7.98. The van der Waals surface area contributed by atoms with Gasteiger partial charge in [0.1, 0.15) is 18.8 Å². The molecule has 8 bridgehead atoms. The number of aromatic nitrogens is 3. The van der Waals surface area contributed by atoms with Crippen LogP contribution >= 0.6 is 0 Å². The van der Waals surface area contributed by atoms with Gasteiger partial charge in [0.2, 0.25) is 0 Å². The van der Waals surface area contributed by atoms with E-state index < -0.39 is 5.92 Å². The first-order valence-electron chi connectivity index (χ1n) is 18.7. The Morgan fingerprint density at radius 3 is 2.38 bits per heavy atom. The quantitative estimate of drug-likeness (QED) is 0.0666. The first-order chi connectivity index (χ1) is 24.9. The second-order valence-corrected chi connectivity index (χ2v) is 15.0. The van der Waals surface area contributed by atoms with Gasteiger partial charge in [-0.2, -0.15) is 11.4 Å². The SMILES string of the molecule is C=Cc1c2[n-]c(c1C)/C=C1\[N-]/C(=C3\c4[n-]c(c(C)c4C(=O)[C@@H]3C=O)/C=c3\[n-]/c(c(C)c3CC)=C\2)[C@@H](CCC(=O)OC/C=C(\C)CCCC(C)C)[C@@H]1C.[Mg+2]. The molecule has 0 radical (unpaired) electrons. The first-order valence-corrected chi connectivity index (χ1v) is 18.7. The van der Waals surface area contributed by atoms with Crippen molar-refractivity contribution >= 4 is 71.0 Å². The van der Waals surface area contributed by atoms with E-state index >= 15 is 0 Å². The number of ether oxygens (including phenoxy) is 1. The van der Waals surface area contributed by atoms with Crippen molar-refractivity contribution in [2.24, 2.45) is 23.7 Å². The van der Waals surface area contributed by atoms with Crippen molar-refractivity contribution in [3.63, 3.8) is 0 Å². The van der Waals surface area contributed by atoms with Gasteiger partial charge in [-0.3, -0.25) is 9.59 Å². The Morgan fingerprint density at radius 2 is 1.70 bits per heavy atom. The Hall–Kier alpha value is -4.08. The zero-order chi connectivity index (χ0) is 37.4. The van der Waals surface area contributed by atoms with Crippen molar-refractivity contribution in [1.82, 2.24) is 15.0 Å². The zero-order valence-electron chi connectivity index (χ0n) is 32.6. The Bertz CT molecular complexity index is 2170. The van der Waals surface area contributed by atoms with Crippen LogP contribution in [0.5, 0.6) is 0 Å². The summed E-state index contributed by atoms with van der Waals surface area (Å²) in [4.78, 5) is 54.9. The molecule has 3 aromatic heterocycles. The molecule has 0 N–H and O–H groups in total. The summed E-state index contributed by atoms with van der Waals surface area (Å²) >= 11 is 0. The maximum Gasteiger partial charge on any atom is 2.00 e. The molecule has 8 nitrogen and oxygen atoms in total. The molecule has 0 saturated carbocycles. The number of carbonyl (C=O) groups excluding carboxylic acids is 3. The van der Waals surface area contributed by atoms with E-state index in [4.69, 9.17) is 25.0 Å². The molecule has 0 spiro atoms. The van der Waals surface area contributed by atoms with Crippen LogP contribution in [0.2, 0.25) is 0 Å². The van der Waals surface area contributed by atoms with E-state index in [2.05, 4.69) is 48.1 Å². The van der Waals surface area contributed by atoms with Gasteiger partial charge >= 0.3 is 29.0 Å². The Balaban J connectivity index is 0.00000541. The number of nitrogens with zero attached hydrogens (tertiary/aromatic N) is 4. The molecule has 3 aliphatic rings. The third-order valence-corrected chi connectivity index (χ3v) is 11.2. The molecule has 0 aromatic carbocycles. The van der Waals surface area contributed by atoms with Crippen molar-refractivity contribution in [1.29, 1.82) is 0 Å². The van der Waals surface area contributed by atoms with Gasteiger partial charge in [-0.15, -0.1) is 33.5 Å². The third-order valence-electron chi connectivity index (χ3n) is 11.2. The van der Waals surface area contributed by atoms with Gasteiger partial charge in [0, 0.05) is 12.0 Å². The standard InChI is InChI=1S/C44H51N4O4.Mg/c1-10-29-25(6)33-19-35-27(8)31(15-16-39(50)52-18-17-24(5)14-12-13-23(3)4)42(47-35)41-32(22-49)44(51)40-28(9)36(48-43(40)41)21-38-30(11-2)26(7)34(46-38)20-37(29)45-33;/h10,17,19-23,27,31-32H,1,11-16,18H2,2-9H3,(H-,47,48,51);/q-3;+2/p-1/b24-17+,34-20-,35-19-,38-21-;/t27-,31-,32+;/m0./s1. The molecule has 0 amide bonds. The maximum absolute atomic E-state index is 14.0. The van der Waals surface area contributed by atoms with Gasteiger partial charge in [0.05, 0.1) is 0 Å². The fourth-order valence-electron chi connectivity index (χ4n) is 7.98. The number of rotatable bonds is 12. The summed E-state index contributed by atoms with van der Waals surface area (Å²) in [7, 11) is 0. The molecular weight excluding hydrogens is 673 g/mol. The van der Waals surface area contributed by atoms with Gasteiger partial charge in [0.15, 0.2) is 5.78 Å². The van der Waals surface area contributed by atoms with Crippen LogP contribution < -0.4 is 25.7 Å². The van der Waals surface area contributed by atoms with E-state index in [1.54, 1.807) is 0 Å². The summed E-state index contributed by atoms with van der Waals surface area (Å²) < 4.78 is 5.65. The molecule has 9 heteroatoms. The van der Waals surface area contributed by atoms with Crippen LogP contribution in [0.4, 0.5) is 0 Å². The van der Waals surface area contributed by atoms with Crippen molar-refractivity contribution in [3.05, 3.63) is 102 Å². The van der Waals surface area contributed by atoms with Crippen LogP contribution in [0.25, 0.3) is 35.2 Å². The van der Waals surface area contributed by atoms with E-state index in [-0.39, 0.29) is 59.7 Å². The fraction of sp³-hybridized carbons (Fsp3) is 0.432. The molecule has 1 fully saturated rings. The molecule has 6 rings (SSSR count). The van der Waals surface area contributed by atoms with Gasteiger partial charge < -0.3 is 29.8 Å². The third kappa shape index (κ3) is 7.65. The van der Waals surface area contributed by atoms with Crippen LogP contribution in [0.15, 0.2) is 29.6 Å². The summed E-state index contributed by atoms with van der Waals surface area (Å²) in [6, 6.07) is 0. The average molecular weight is 723 g/mol. The Labute approximate surface area is 329 Å². The smallest absolute Gasteiger partial charge is 0.664 e. The van der Waals surface area contributed by atoms with Crippen molar-refractivity contribution in [2.45, 2.75) is 93.9 Å². The van der Waals surface area contributed by atoms with E-state index in [9.17, 15) is 14.4 Å². The van der Waals surface area contributed by atoms with Crippen LogP contribution in [-0.4, -0.2) is 47.7 Å². The summed E-state index contributed by atoms with van der Waals surface area (Å²) in [5.74, 6) is -1.29. The monoisotopic (exact) mass is 722 g/mol. The average Bonchev–Trinajstić information content (AvgIpc) is 3.84. The number of hydrogen-bond donors (Lipinski definition) is 0. The largest absolute Gasteiger partial charge is 2.00 e. The number of fused-ring (bicyclic) bond motifs is 7. The second-order valence-electron chi connectivity index (χ2n) is 15.0. The van der Waals surface area contributed by atoms with E-state index in [0.717, 1.165) is 74.9 Å². The topological polar surface area (TPSA) is 117 Å². The Kier molecular flexibility index (Phi) is 12.5. The van der Waals surface area contributed by atoms with E-state index in [0.29, 0.717) is 46.8 Å². The number of Topliss-reactive ketones (excluding diaryl/α,β-unsaturated/α-hetero) is 1. The number of aldehydes is 1. The second kappa shape index (κ2) is 16.5. The maximum atomic E-state index is 14.0. The molecule has 1 saturated heterocycles. The minimum Gasteiger partial charge on any atom is -0.664 e. The molecule has 2 aliphatic heterocycles. The molecule has 5 heterocycles. The first kappa shape index (κ1) is 40.1. The molecule has 3 aromatic rings. The predicted octanol–water partition coefficient (Wildman–Crippen LogP) is 6.78. The number of allylic oxidation sites excluding steroid dienone is 4. The summed E-state index contributed by atoms with van der Waals surface area (Å²) in [6.07, 6.45) is 15.1. The van der Waals surface area contributed by atoms with Gasteiger partial charge in [-0.25, -0.2) is 0 Å². The van der Waals surface area contributed by atoms with Crippen molar-refractivity contribution in [3.8, 4) is 0 Å². The molecule has 53 heavy (non-hydrogen) atoms. The number of esters is 1. The minimum atomic E-state index is -1.02. The molecule has 274 valence electrons. The molecule has 1 aliphatic carbocycles. The summed E-state index contributed by atoms with van der Waals surface area (Å²) in [5.41, 5.74) is 11.1. The van der Waals surface area contributed by atoms with Crippen LogP contribution in [0.1, 0.15) is 128 Å². The minimum absolute atomic E-state index is 0. The van der Waals surface area contributed by atoms with Gasteiger partial charge in [-0.1, -0.05) is 98.4 Å². The summed E-state index contributed by atoms with van der Waals surface area (Å²) in [6.45, 7) is 21.0. The van der Waals surface area contributed by atoms with Gasteiger partial charge in [0.25, 0.3) is 0 Å². The predicted molar refractivity (Wildman–Crippen MR) is 213 cm³/mol. The van der Waals surface area contributed by atoms with Crippen LogP contribution in [0.3, 0.4) is 0 Å². The zero-order valence-corrected chi connectivity index (χ0v) is 34.0. The van der Waals surface area contributed by atoms with E-state index in [1.165, 1.54) is 12.0 Å². The van der Waals surface area contributed by atoms with Crippen molar-refractivity contribution in [2.75, 3.05) is 6.61 Å². The van der Waals surface area contributed by atoms with Gasteiger partial charge in [-0.05, 0) is 82.8 Å². The Morgan fingerprint density at radius 1 is 0.981 bits per heavy atom. The number of carbonyl (C=O) groups is 3. The summed E-state index contributed by atoms with van der Waals surface area (Å²) in [5, 5.41) is 6.81. The van der Waals surface area contributed by atoms with E-state index in [1.807, 2.05) is 44.2 Å². The molecular formula is C44H50MgN4O4-2. The normalized spacial score (nSPS) is 22.7. The number of hydrogen-bond acceptors (Lipinski definition) is 4. The number of ketones is 1. The molecule has 3 atom stereocenters. The van der Waals surface area contributed by atoms with Crippen molar-refractivity contribution < 1.29 is 19.1 Å². The van der Waals surface area contributed by atoms with Crippen LogP contribution in [-0.2, 0) is 20.7 Å². The molecule has 0 unspecified atom stereocenters. The van der Waals surface area contributed by atoms with Crippen LogP contribution in [0, 0.1) is 44.4 Å².